The number of anilines is 1. The molecule has 0 bridgehead atoms. The highest BCUT2D eigenvalue weighted by molar-refractivity contribution is 7.66. The predicted molar refractivity (Wildman–Crippen MR) is 96.9 cm³/mol. The van der Waals surface area contributed by atoms with E-state index in [-0.39, 0.29) is 23.5 Å². The van der Waals surface area contributed by atoms with Crippen molar-refractivity contribution in [2.24, 2.45) is 0 Å². The van der Waals surface area contributed by atoms with Crippen LogP contribution in [0.25, 0.3) is 11.2 Å². The Bertz CT molecular complexity index is 1170. The second-order valence-corrected chi connectivity index (χ2v) is 10.5. The van der Waals surface area contributed by atoms with E-state index in [9.17, 15) is 28.5 Å². The molecule has 1 saturated heterocycles. The first-order chi connectivity index (χ1) is 14.2. The number of aliphatic hydroxyl groups is 1. The number of phosphoric ester groups is 1. The number of nitrogens with two attached hydrogens (primary N) is 1. The van der Waals surface area contributed by atoms with Crippen molar-refractivity contribution in [2.45, 2.75) is 24.9 Å². The van der Waals surface area contributed by atoms with Gasteiger partial charge in [0.2, 0.25) is 5.95 Å². The lowest BCUT2D eigenvalue weighted by Gasteiger charge is -2.19. The number of H-pyrrole nitrogens is 1. The van der Waals surface area contributed by atoms with E-state index in [2.05, 4.69) is 28.1 Å². The van der Waals surface area contributed by atoms with E-state index in [0.29, 0.717) is 0 Å². The number of hydrogen-bond acceptors (Lipinski definition) is 12. The molecule has 3 rings (SSSR count). The quantitative estimate of drug-likeness (QED) is 0.204. The molecule has 0 aromatic carbocycles. The van der Waals surface area contributed by atoms with Crippen LogP contribution in [0.15, 0.2) is 11.1 Å². The van der Waals surface area contributed by atoms with E-state index in [1.807, 2.05) is 0 Å². The fourth-order valence-corrected chi connectivity index (χ4v) is 5.69. The summed E-state index contributed by atoms with van der Waals surface area (Å²) < 4.78 is 52.1. The topological polar surface area (TPSA) is 279 Å². The Morgan fingerprint density at radius 2 is 1.90 bits per heavy atom. The number of rotatable bonds is 8. The molecule has 1 aliphatic rings. The van der Waals surface area contributed by atoms with Gasteiger partial charge in [-0.1, -0.05) is 0 Å². The van der Waals surface area contributed by atoms with Crippen molar-refractivity contribution < 1.29 is 56.3 Å². The summed E-state index contributed by atoms with van der Waals surface area (Å²) in [5, 5.41) is 10.1. The Morgan fingerprint density at radius 3 is 2.55 bits per heavy atom. The van der Waals surface area contributed by atoms with Gasteiger partial charge >= 0.3 is 23.5 Å². The number of imidazole rings is 1. The molecule has 2 aromatic heterocycles. The zero-order valence-corrected chi connectivity index (χ0v) is 17.7. The molecule has 1 fully saturated rings. The molecule has 3 heterocycles. The molecule has 3 unspecified atom stereocenters. The molecule has 174 valence electrons. The van der Waals surface area contributed by atoms with Gasteiger partial charge in [-0.3, -0.25) is 18.9 Å². The maximum absolute atomic E-state index is 11.8. The van der Waals surface area contributed by atoms with E-state index >= 15 is 0 Å². The largest absolute Gasteiger partial charge is 0.490 e. The van der Waals surface area contributed by atoms with Crippen molar-refractivity contribution in [1.82, 2.24) is 19.5 Å². The summed E-state index contributed by atoms with van der Waals surface area (Å²) in [6, 6.07) is 0. The highest BCUT2D eigenvalue weighted by Gasteiger charge is 2.43. The van der Waals surface area contributed by atoms with Crippen molar-refractivity contribution >= 4 is 40.6 Å². The van der Waals surface area contributed by atoms with Gasteiger partial charge in [-0.05, 0) is 0 Å². The molecule has 31 heavy (non-hydrogen) atoms. The van der Waals surface area contributed by atoms with E-state index in [4.69, 9.17) is 25.2 Å². The minimum Gasteiger partial charge on any atom is -0.390 e. The zero-order chi connectivity index (χ0) is 23.2. The first kappa shape index (κ1) is 24.1. The number of nitrogens with zero attached hydrogens (tertiary/aromatic N) is 3. The molecule has 0 aliphatic carbocycles. The molecule has 8 N–H and O–H groups in total. The second-order valence-electron chi connectivity index (χ2n) is 6.09. The molecule has 5 atom stereocenters. The summed E-state index contributed by atoms with van der Waals surface area (Å²) in [5.41, 5.74) is 4.89. The zero-order valence-electron chi connectivity index (χ0n) is 15.0. The number of nitrogen functional groups attached to an aromatic ring is 1. The van der Waals surface area contributed by atoms with Crippen molar-refractivity contribution in [1.29, 1.82) is 0 Å². The molecular weight excluding hydrogens is 491 g/mol. The molecule has 0 amide bonds. The molecule has 0 radical (unpaired) electrons. The van der Waals surface area contributed by atoms with Gasteiger partial charge in [0.05, 0.1) is 19.0 Å². The van der Waals surface area contributed by atoms with E-state index in [1.165, 1.54) is 10.9 Å². The molecular formula is C10H16N5O13P3. The van der Waals surface area contributed by atoms with Crippen LogP contribution in [0.4, 0.5) is 5.95 Å². The smallest absolute Gasteiger partial charge is 0.390 e. The molecule has 21 heteroatoms. The van der Waals surface area contributed by atoms with Crippen LogP contribution >= 0.6 is 23.5 Å². The van der Waals surface area contributed by atoms with Gasteiger partial charge in [0.25, 0.3) is 5.56 Å². The van der Waals surface area contributed by atoms with Crippen molar-refractivity contribution in [3.8, 4) is 0 Å². The number of nitrogens with one attached hydrogen (secondary N) is 1. The highest BCUT2D eigenvalue weighted by Crippen LogP contribution is 2.66. The lowest BCUT2D eigenvalue weighted by Crippen LogP contribution is -2.26. The number of ether oxygens (including phenoxy) is 1. The Balaban J connectivity index is 1.67. The second kappa shape index (κ2) is 8.44. The fourth-order valence-electron chi connectivity index (χ4n) is 2.66. The molecule has 0 saturated carbocycles. The van der Waals surface area contributed by atoms with E-state index in [1.54, 1.807) is 0 Å². The summed E-state index contributed by atoms with van der Waals surface area (Å²) in [5.74, 6) is -0.193. The van der Waals surface area contributed by atoms with Gasteiger partial charge < -0.3 is 35.2 Å². The minimum atomic E-state index is -5.67. The predicted octanol–water partition coefficient (Wildman–Crippen LogP) is -1.31. The number of aromatic nitrogens is 4. The van der Waals surface area contributed by atoms with Crippen LogP contribution in [-0.4, -0.2) is 63.0 Å². The number of fused-ring (bicyclic) bond motifs is 1. The Hall–Kier alpha value is -1.52. The summed E-state index contributed by atoms with van der Waals surface area (Å²) in [6.45, 7) is -0.843. The van der Waals surface area contributed by atoms with Crippen LogP contribution in [0.5, 0.6) is 0 Å². The van der Waals surface area contributed by atoms with Crippen molar-refractivity contribution in [2.75, 3.05) is 12.3 Å². The van der Waals surface area contributed by atoms with Gasteiger partial charge in [0.1, 0.15) is 12.3 Å². The Labute approximate surface area is 171 Å². The molecule has 0 spiro atoms. The number of aromatic amines is 1. The van der Waals surface area contributed by atoms with Crippen molar-refractivity contribution in [3.05, 3.63) is 16.7 Å². The standard InChI is InChI=1S/C10H16N5O13P3/c11-10-13-8-7(9(17)14-10)12-3-15(8)6-1-4(16)5(26-6)2-25-30(21,22)28-31(23,24)27-29(18,19)20/h3-6,16H,1-2H2,(H,21,22)(H,23,24)(H2,18,19,20)(H3,11,13,14,17)/t4-,5?,6-/m1/s1. The third-order valence-corrected chi connectivity index (χ3v) is 7.59. The maximum Gasteiger partial charge on any atom is 0.490 e. The van der Waals surface area contributed by atoms with Crippen LogP contribution in [0, 0.1) is 0 Å². The average Bonchev–Trinajstić information content (AvgIpc) is 3.13. The lowest BCUT2D eigenvalue weighted by atomic mass is 10.2. The van der Waals surface area contributed by atoms with Crippen LogP contribution in [0.2, 0.25) is 0 Å². The summed E-state index contributed by atoms with van der Waals surface area (Å²) in [4.78, 5) is 57.5. The summed E-state index contributed by atoms with van der Waals surface area (Å²) in [6.07, 6.45) is -2.36. The van der Waals surface area contributed by atoms with E-state index < -0.39 is 54.1 Å². The maximum atomic E-state index is 11.8. The summed E-state index contributed by atoms with van der Waals surface area (Å²) in [7, 11) is -16.6. The van der Waals surface area contributed by atoms with Gasteiger partial charge in [-0.15, -0.1) is 0 Å². The molecule has 1 aliphatic heterocycles. The first-order valence-electron chi connectivity index (χ1n) is 8.00. The van der Waals surface area contributed by atoms with Gasteiger partial charge in [0.15, 0.2) is 11.2 Å². The average molecular weight is 507 g/mol. The normalized spacial score (nSPS) is 26.0. The Kier molecular flexibility index (Phi) is 6.57. The van der Waals surface area contributed by atoms with Crippen LogP contribution < -0.4 is 11.3 Å². The highest BCUT2D eigenvalue weighted by atomic mass is 31.3. The third kappa shape index (κ3) is 6.04. The SMILES string of the molecule is Nc1nc2c(ncn2[C@H]2C[C@@H](O)C(COP(=O)(O)OP(=O)(O)OP(=O)(O)O)O2)c(=O)[nH]1. The Morgan fingerprint density at radius 1 is 1.23 bits per heavy atom. The lowest BCUT2D eigenvalue weighted by molar-refractivity contribution is -0.0423. The monoisotopic (exact) mass is 507 g/mol. The molecule has 2 aromatic rings. The van der Waals surface area contributed by atoms with Crippen LogP contribution in [0.1, 0.15) is 12.6 Å². The number of hydrogen-bond donors (Lipinski definition) is 7. The van der Waals surface area contributed by atoms with Gasteiger partial charge in [-0.2, -0.15) is 13.6 Å². The summed E-state index contributed by atoms with van der Waals surface area (Å²) >= 11 is 0. The first-order valence-corrected chi connectivity index (χ1v) is 12.5. The van der Waals surface area contributed by atoms with Crippen LogP contribution in [-0.2, 0) is 31.6 Å². The van der Waals surface area contributed by atoms with Gasteiger partial charge in [0, 0.05) is 6.42 Å². The number of phosphoric acid groups is 3. The van der Waals surface area contributed by atoms with Crippen LogP contribution in [0.3, 0.4) is 0 Å². The minimum absolute atomic E-state index is 0.0481. The fraction of sp³-hybridized carbons (Fsp3) is 0.500. The van der Waals surface area contributed by atoms with E-state index in [0.717, 1.165) is 0 Å². The van der Waals surface area contributed by atoms with Crippen molar-refractivity contribution in [3.63, 3.8) is 0 Å². The van der Waals surface area contributed by atoms with Gasteiger partial charge in [-0.25, -0.2) is 18.7 Å². The third-order valence-electron chi connectivity index (χ3n) is 3.78. The molecule has 18 nitrogen and oxygen atoms in total. The number of aliphatic hydroxyl groups excluding tert-OH is 1.